The van der Waals surface area contributed by atoms with Gasteiger partial charge in [0.25, 0.3) is 0 Å². The van der Waals surface area contributed by atoms with E-state index in [9.17, 15) is 0 Å². The fraction of sp³-hybridized carbons (Fsp3) is 0.125. The second-order valence-electron chi connectivity index (χ2n) is 4.96. The minimum Gasteiger partial charge on any atom is -0.469 e. The molecular formula is C16H14N4O. The summed E-state index contributed by atoms with van der Waals surface area (Å²) in [6, 6.07) is 11.9. The zero-order valence-electron chi connectivity index (χ0n) is 11.4. The normalized spacial score (nSPS) is 11.4. The predicted molar refractivity (Wildman–Crippen MR) is 81.9 cm³/mol. The minimum absolute atomic E-state index is 0.509. The van der Waals surface area contributed by atoms with Crippen molar-refractivity contribution in [3.8, 4) is 0 Å². The van der Waals surface area contributed by atoms with Gasteiger partial charge in [-0.15, -0.1) is 0 Å². The molecular weight excluding hydrogens is 264 g/mol. The van der Waals surface area contributed by atoms with Gasteiger partial charge in [0.1, 0.15) is 11.3 Å². The number of nitrogen functional groups attached to an aromatic ring is 1. The van der Waals surface area contributed by atoms with Crippen molar-refractivity contribution >= 4 is 27.9 Å². The molecule has 5 heteroatoms. The van der Waals surface area contributed by atoms with Crippen LogP contribution in [0.2, 0.25) is 0 Å². The SMILES string of the molecule is Nc1nc2cnc3ccccc3c2n1CCc1ccco1. The van der Waals surface area contributed by atoms with Crippen molar-refractivity contribution in [1.29, 1.82) is 0 Å². The van der Waals surface area contributed by atoms with Gasteiger partial charge in [0.05, 0.1) is 23.5 Å². The highest BCUT2D eigenvalue weighted by Crippen LogP contribution is 2.25. The third-order valence-electron chi connectivity index (χ3n) is 3.67. The second-order valence-corrected chi connectivity index (χ2v) is 4.96. The molecule has 0 bridgehead atoms. The Labute approximate surface area is 121 Å². The molecule has 3 aromatic heterocycles. The van der Waals surface area contributed by atoms with Gasteiger partial charge in [-0.2, -0.15) is 0 Å². The highest BCUT2D eigenvalue weighted by Gasteiger charge is 2.12. The smallest absolute Gasteiger partial charge is 0.201 e. The van der Waals surface area contributed by atoms with Crippen LogP contribution in [0.1, 0.15) is 5.76 Å². The van der Waals surface area contributed by atoms with Crippen molar-refractivity contribution in [3.63, 3.8) is 0 Å². The molecule has 0 aliphatic heterocycles. The van der Waals surface area contributed by atoms with E-state index < -0.39 is 0 Å². The maximum atomic E-state index is 6.08. The molecule has 0 atom stereocenters. The lowest BCUT2D eigenvalue weighted by molar-refractivity contribution is 0.494. The number of furan rings is 1. The first kappa shape index (κ1) is 12.0. The molecule has 0 spiro atoms. The van der Waals surface area contributed by atoms with Crippen LogP contribution in [0.5, 0.6) is 0 Å². The number of hydrogen-bond donors (Lipinski definition) is 1. The standard InChI is InChI=1S/C16H14N4O/c17-16-19-14-10-18-13-6-2-1-5-12(13)15(14)20(16)8-7-11-4-3-9-21-11/h1-6,9-10H,7-8H2,(H2,17,19). The van der Waals surface area contributed by atoms with Gasteiger partial charge in [-0.3, -0.25) is 4.98 Å². The molecule has 0 aliphatic rings. The van der Waals surface area contributed by atoms with Gasteiger partial charge in [-0.1, -0.05) is 18.2 Å². The van der Waals surface area contributed by atoms with Crippen molar-refractivity contribution in [1.82, 2.24) is 14.5 Å². The number of aryl methyl sites for hydroxylation is 2. The summed E-state index contributed by atoms with van der Waals surface area (Å²) < 4.78 is 7.41. The fourth-order valence-corrected chi connectivity index (χ4v) is 2.68. The number of nitrogens with zero attached hydrogens (tertiary/aromatic N) is 3. The quantitative estimate of drug-likeness (QED) is 0.625. The summed E-state index contributed by atoms with van der Waals surface area (Å²) in [5.74, 6) is 1.45. The molecule has 4 aromatic rings. The van der Waals surface area contributed by atoms with Gasteiger partial charge in [0, 0.05) is 18.4 Å². The van der Waals surface area contributed by atoms with E-state index in [1.165, 1.54) is 0 Å². The summed E-state index contributed by atoms with van der Waals surface area (Å²) in [6.07, 6.45) is 4.24. The number of anilines is 1. The third-order valence-corrected chi connectivity index (χ3v) is 3.67. The molecule has 21 heavy (non-hydrogen) atoms. The summed E-state index contributed by atoms with van der Waals surface area (Å²) in [7, 11) is 0. The molecule has 104 valence electrons. The summed E-state index contributed by atoms with van der Waals surface area (Å²) in [4.78, 5) is 8.83. The van der Waals surface area contributed by atoms with Crippen molar-refractivity contribution in [3.05, 3.63) is 54.6 Å². The molecule has 5 nitrogen and oxygen atoms in total. The summed E-state index contributed by atoms with van der Waals surface area (Å²) >= 11 is 0. The Morgan fingerprint density at radius 2 is 2.00 bits per heavy atom. The lowest BCUT2D eigenvalue weighted by Gasteiger charge is -2.07. The summed E-state index contributed by atoms with van der Waals surface area (Å²) in [6.45, 7) is 0.726. The van der Waals surface area contributed by atoms with E-state index in [1.54, 1.807) is 12.5 Å². The Morgan fingerprint density at radius 3 is 2.86 bits per heavy atom. The topological polar surface area (TPSA) is 69.9 Å². The molecule has 0 aliphatic carbocycles. The van der Waals surface area contributed by atoms with Crippen LogP contribution < -0.4 is 5.73 Å². The zero-order chi connectivity index (χ0) is 14.2. The first-order valence-electron chi connectivity index (χ1n) is 6.85. The Bertz CT molecular complexity index is 909. The molecule has 0 saturated heterocycles. The first-order valence-corrected chi connectivity index (χ1v) is 6.85. The lowest BCUT2D eigenvalue weighted by atomic mass is 10.2. The van der Waals surface area contributed by atoms with E-state index in [0.717, 1.165) is 40.7 Å². The van der Waals surface area contributed by atoms with Gasteiger partial charge in [-0.05, 0) is 18.2 Å². The van der Waals surface area contributed by atoms with Crippen molar-refractivity contribution in [2.75, 3.05) is 5.73 Å². The Morgan fingerprint density at radius 1 is 1.10 bits per heavy atom. The van der Waals surface area contributed by atoms with Gasteiger partial charge < -0.3 is 14.7 Å². The summed E-state index contributed by atoms with van der Waals surface area (Å²) in [5, 5.41) is 1.07. The highest BCUT2D eigenvalue weighted by molar-refractivity contribution is 6.02. The van der Waals surface area contributed by atoms with Crippen LogP contribution in [-0.2, 0) is 13.0 Å². The Kier molecular flexibility index (Phi) is 2.64. The van der Waals surface area contributed by atoms with Gasteiger partial charge >= 0.3 is 0 Å². The van der Waals surface area contributed by atoms with E-state index >= 15 is 0 Å². The third kappa shape index (κ3) is 1.94. The van der Waals surface area contributed by atoms with Crippen molar-refractivity contribution < 1.29 is 4.42 Å². The Hall–Kier alpha value is -2.82. The van der Waals surface area contributed by atoms with Crippen molar-refractivity contribution in [2.24, 2.45) is 0 Å². The van der Waals surface area contributed by atoms with E-state index in [-0.39, 0.29) is 0 Å². The number of para-hydroxylation sites is 1. The number of hydrogen-bond acceptors (Lipinski definition) is 4. The average molecular weight is 278 g/mol. The number of rotatable bonds is 3. The van der Waals surface area contributed by atoms with Gasteiger partial charge in [-0.25, -0.2) is 4.98 Å². The van der Waals surface area contributed by atoms with Crippen molar-refractivity contribution in [2.45, 2.75) is 13.0 Å². The first-order chi connectivity index (χ1) is 10.3. The van der Waals surface area contributed by atoms with Crippen LogP contribution in [0.4, 0.5) is 5.95 Å². The highest BCUT2D eigenvalue weighted by atomic mass is 16.3. The molecule has 0 radical (unpaired) electrons. The van der Waals surface area contributed by atoms with Crippen LogP contribution in [0.15, 0.2) is 53.3 Å². The summed E-state index contributed by atoms with van der Waals surface area (Å²) in [5.41, 5.74) is 8.88. The number of aromatic nitrogens is 3. The number of benzene rings is 1. The molecule has 0 amide bonds. The molecule has 0 unspecified atom stereocenters. The minimum atomic E-state index is 0.509. The largest absolute Gasteiger partial charge is 0.469 e. The van der Waals surface area contributed by atoms with Crippen LogP contribution >= 0.6 is 0 Å². The fourth-order valence-electron chi connectivity index (χ4n) is 2.68. The molecule has 0 saturated carbocycles. The van der Waals surface area contributed by atoms with Gasteiger partial charge in [0.15, 0.2) is 0 Å². The van der Waals surface area contributed by atoms with E-state index in [1.807, 2.05) is 34.9 Å². The predicted octanol–water partition coefficient (Wildman–Crippen LogP) is 3.00. The van der Waals surface area contributed by atoms with Gasteiger partial charge in [0.2, 0.25) is 5.95 Å². The lowest BCUT2D eigenvalue weighted by Crippen LogP contribution is -2.05. The molecule has 0 fully saturated rings. The number of nitrogens with two attached hydrogens (primary N) is 1. The molecule has 2 N–H and O–H groups in total. The van der Waals surface area contributed by atoms with E-state index in [4.69, 9.17) is 10.2 Å². The molecule has 3 heterocycles. The maximum absolute atomic E-state index is 6.08. The van der Waals surface area contributed by atoms with Crippen LogP contribution in [0.3, 0.4) is 0 Å². The zero-order valence-corrected chi connectivity index (χ0v) is 11.4. The van der Waals surface area contributed by atoms with E-state index in [0.29, 0.717) is 5.95 Å². The van der Waals surface area contributed by atoms with E-state index in [2.05, 4.69) is 16.0 Å². The number of imidazole rings is 1. The number of fused-ring (bicyclic) bond motifs is 3. The average Bonchev–Trinajstić information content (AvgIpc) is 3.12. The maximum Gasteiger partial charge on any atom is 0.201 e. The van der Waals surface area contributed by atoms with Crippen LogP contribution in [0.25, 0.3) is 21.9 Å². The monoisotopic (exact) mass is 278 g/mol. The Balaban J connectivity index is 1.86. The van der Waals surface area contributed by atoms with Crippen LogP contribution in [-0.4, -0.2) is 14.5 Å². The second kappa shape index (κ2) is 4.63. The molecule has 1 aromatic carbocycles. The molecule has 4 rings (SSSR count). The van der Waals surface area contributed by atoms with Crippen LogP contribution in [0, 0.1) is 0 Å². The number of pyridine rings is 1.